The summed E-state index contributed by atoms with van der Waals surface area (Å²) in [4.78, 5) is 30.7. The summed E-state index contributed by atoms with van der Waals surface area (Å²) >= 11 is 0. The summed E-state index contributed by atoms with van der Waals surface area (Å²) < 4.78 is 109. The van der Waals surface area contributed by atoms with Gasteiger partial charge in [-0.3, -0.25) is 4.90 Å². The van der Waals surface area contributed by atoms with Crippen LogP contribution < -0.4 is 25.0 Å². The minimum absolute atomic E-state index is 0.000356. The van der Waals surface area contributed by atoms with Crippen molar-refractivity contribution in [3.05, 3.63) is 101 Å². The van der Waals surface area contributed by atoms with Gasteiger partial charge in [-0.05, 0) is 55.2 Å². The highest BCUT2D eigenvalue weighted by atomic mass is 19.4. The predicted octanol–water partition coefficient (Wildman–Crippen LogP) is 7.68. The van der Waals surface area contributed by atoms with Crippen LogP contribution in [0.4, 0.5) is 42.5 Å². The van der Waals surface area contributed by atoms with Crippen molar-refractivity contribution >= 4 is 17.5 Å². The number of amides is 1. The first kappa shape index (κ1) is 39.5. The van der Waals surface area contributed by atoms with Crippen molar-refractivity contribution in [2.45, 2.75) is 63.1 Å². The van der Waals surface area contributed by atoms with Gasteiger partial charge >= 0.3 is 18.4 Å². The number of ether oxygens (including phenoxy) is 4. The number of anilines is 2. The van der Waals surface area contributed by atoms with Crippen molar-refractivity contribution in [1.82, 2.24) is 15.0 Å². The molecule has 4 heterocycles. The zero-order valence-corrected chi connectivity index (χ0v) is 30.3. The molecule has 0 bridgehead atoms. The molecule has 1 fully saturated rings. The Morgan fingerprint density at radius 2 is 1.64 bits per heavy atom. The Morgan fingerprint density at radius 1 is 0.964 bits per heavy atom. The molecular formula is C38H40F6N6O5. The van der Waals surface area contributed by atoms with Gasteiger partial charge in [0.15, 0.2) is 0 Å². The van der Waals surface area contributed by atoms with E-state index in [1.165, 1.54) is 30.3 Å². The Morgan fingerprint density at radius 3 is 2.24 bits per heavy atom. The van der Waals surface area contributed by atoms with E-state index in [4.69, 9.17) is 29.7 Å². The average Bonchev–Trinajstić information content (AvgIpc) is 3.17. The molecule has 2 N–H and O–H groups in total. The van der Waals surface area contributed by atoms with E-state index in [0.29, 0.717) is 44.1 Å². The lowest BCUT2D eigenvalue weighted by Crippen LogP contribution is -2.62. The number of hydrogen-bond donors (Lipinski definition) is 1. The number of benzene rings is 2. The molecule has 3 atom stereocenters. The van der Waals surface area contributed by atoms with Gasteiger partial charge in [0, 0.05) is 25.1 Å². The molecular weight excluding hydrogens is 734 g/mol. The third kappa shape index (κ3) is 8.42. The summed E-state index contributed by atoms with van der Waals surface area (Å²) in [6.07, 6.45) is -9.76. The van der Waals surface area contributed by atoms with Crippen LogP contribution in [0.3, 0.4) is 0 Å². The van der Waals surface area contributed by atoms with Gasteiger partial charge in [-0.25, -0.2) is 14.8 Å². The number of carbonyl (C=O) groups is 1. The number of halogens is 6. The zero-order chi connectivity index (χ0) is 39.5. The number of morpholine rings is 1. The highest BCUT2D eigenvalue weighted by Gasteiger charge is 2.50. The maximum atomic E-state index is 14.4. The molecule has 2 aliphatic rings. The Kier molecular flexibility index (Phi) is 11.4. The van der Waals surface area contributed by atoms with Crippen LogP contribution in [0.15, 0.2) is 66.9 Å². The van der Waals surface area contributed by atoms with Gasteiger partial charge in [-0.15, -0.1) is 0 Å². The third-order valence-electron chi connectivity index (χ3n) is 9.73. The standard InChI is InChI=1S/C38H40F6N6O5/c1-4-36(45)20-27(32-28(11-12-30(47-32)52-3)50(36)35(51)54-5-2)31(24-17-25(37(39,40)41)19-26(18-24)38(42,43)44)33-46-21-29(49-13-15-53-16-14-49)34(48-33)55-22-23-9-7-6-8-10-23/h6-12,17-19,21,27,31H,4-5,13-16,20,22,45H2,1-3H3/t27-,31?,36+/m0/s1. The molecule has 1 amide bonds. The van der Waals surface area contributed by atoms with Crippen molar-refractivity contribution in [1.29, 1.82) is 0 Å². The van der Waals surface area contributed by atoms with Crippen molar-refractivity contribution in [3.8, 4) is 11.8 Å². The SMILES string of the molecule is CCOC(=O)N1c2ccc(OC)nc2[C@H](C(c2cc(C(F)(F)F)cc(C(F)(F)F)c2)c2ncc(N3CCOCC3)c(OCc3ccccc3)n2)C[C@@]1(N)CC. The van der Waals surface area contributed by atoms with Crippen LogP contribution in [0.2, 0.25) is 0 Å². The molecule has 0 saturated carbocycles. The molecule has 4 aromatic rings. The summed E-state index contributed by atoms with van der Waals surface area (Å²) in [5.74, 6) is -2.58. The first-order valence-electron chi connectivity index (χ1n) is 17.6. The smallest absolute Gasteiger partial charge is 0.416 e. The zero-order valence-electron chi connectivity index (χ0n) is 30.3. The van der Waals surface area contributed by atoms with Crippen LogP contribution in [0.25, 0.3) is 0 Å². The van der Waals surface area contributed by atoms with Crippen molar-refractivity contribution in [2.24, 2.45) is 5.73 Å². The highest BCUT2D eigenvalue weighted by Crippen LogP contribution is 2.52. The summed E-state index contributed by atoms with van der Waals surface area (Å²) in [7, 11) is 1.35. The molecule has 0 aliphatic carbocycles. The number of alkyl halides is 6. The summed E-state index contributed by atoms with van der Waals surface area (Å²) in [6, 6.07) is 13.5. The van der Waals surface area contributed by atoms with Crippen molar-refractivity contribution < 1.29 is 50.1 Å². The second-order valence-electron chi connectivity index (χ2n) is 13.2. The van der Waals surface area contributed by atoms with E-state index in [0.717, 1.165) is 5.56 Å². The second-order valence-corrected chi connectivity index (χ2v) is 13.2. The topological polar surface area (TPSA) is 125 Å². The van der Waals surface area contributed by atoms with E-state index < -0.39 is 52.6 Å². The number of carbonyl (C=O) groups excluding carboxylic acids is 1. The van der Waals surface area contributed by atoms with Crippen LogP contribution in [0.1, 0.15) is 72.3 Å². The summed E-state index contributed by atoms with van der Waals surface area (Å²) in [6.45, 7) is 5.05. The summed E-state index contributed by atoms with van der Waals surface area (Å²) in [5, 5.41) is 0. The van der Waals surface area contributed by atoms with Gasteiger partial charge in [0.2, 0.25) is 11.8 Å². The highest BCUT2D eigenvalue weighted by molar-refractivity contribution is 5.91. The number of nitrogens with two attached hydrogens (primary N) is 1. The van der Waals surface area contributed by atoms with E-state index in [1.54, 1.807) is 13.8 Å². The minimum atomic E-state index is -5.15. The Balaban J connectivity index is 1.62. The number of hydrogen-bond acceptors (Lipinski definition) is 10. The maximum Gasteiger partial charge on any atom is 0.416 e. The van der Waals surface area contributed by atoms with E-state index >= 15 is 0 Å². The van der Waals surface area contributed by atoms with E-state index in [1.807, 2.05) is 35.2 Å². The molecule has 0 spiro atoms. The quantitative estimate of drug-likeness (QED) is 0.161. The van der Waals surface area contributed by atoms with Gasteiger partial charge in [-0.2, -0.15) is 31.3 Å². The molecule has 1 saturated heterocycles. The van der Waals surface area contributed by atoms with Crippen LogP contribution >= 0.6 is 0 Å². The first-order chi connectivity index (χ1) is 26.2. The van der Waals surface area contributed by atoms with Gasteiger partial charge in [0.05, 0.1) is 67.2 Å². The molecule has 2 aromatic carbocycles. The molecule has 1 unspecified atom stereocenters. The average molecular weight is 775 g/mol. The molecule has 2 aromatic heterocycles. The lowest BCUT2D eigenvalue weighted by Gasteiger charge is -2.48. The van der Waals surface area contributed by atoms with Gasteiger partial charge < -0.3 is 29.6 Å². The van der Waals surface area contributed by atoms with Crippen LogP contribution in [-0.4, -0.2) is 66.7 Å². The second kappa shape index (κ2) is 15.9. The normalized spacial score (nSPS) is 19.4. The Bertz CT molecular complexity index is 1950. The Hall–Kier alpha value is -5.16. The Labute approximate surface area is 313 Å². The fraction of sp³-hybridized carbons (Fsp3) is 0.421. The molecule has 55 heavy (non-hydrogen) atoms. The van der Waals surface area contributed by atoms with Gasteiger partial charge in [0.1, 0.15) is 18.1 Å². The third-order valence-corrected chi connectivity index (χ3v) is 9.73. The molecule has 294 valence electrons. The summed E-state index contributed by atoms with van der Waals surface area (Å²) in [5.41, 5.74) is 3.47. The van der Waals surface area contributed by atoms with E-state index in [-0.39, 0.29) is 61.1 Å². The predicted molar refractivity (Wildman–Crippen MR) is 189 cm³/mol. The van der Waals surface area contributed by atoms with E-state index in [2.05, 4.69) is 9.97 Å². The minimum Gasteiger partial charge on any atom is -0.481 e. The molecule has 6 rings (SSSR count). The number of methoxy groups -OCH3 is 1. The monoisotopic (exact) mass is 774 g/mol. The van der Waals surface area contributed by atoms with Crippen molar-refractivity contribution in [2.75, 3.05) is 49.8 Å². The number of rotatable bonds is 10. The number of nitrogens with zero attached hydrogens (tertiary/aromatic N) is 5. The molecule has 2 aliphatic heterocycles. The lowest BCUT2D eigenvalue weighted by atomic mass is 9.73. The fourth-order valence-electron chi connectivity index (χ4n) is 6.98. The van der Waals surface area contributed by atoms with Crippen LogP contribution in [0.5, 0.6) is 11.8 Å². The largest absolute Gasteiger partial charge is 0.481 e. The fourth-order valence-corrected chi connectivity index (χ4v) is 6.98. The maximum absolute atomic E-state index is 14.4. The first-order valence-corrected chi connectivity index (χ1v) is 17.6. The van der Waals surface area contributed by atoms with Gasteiger partial charge in [-0.1, -0.05) is 37.3 Å². The molecule has 17 heteroatoms. The number of pyridine rings is 1. The molecule has 11 nitrogen and oxygen atoms in total. The number of fused-ring (bicyclic) bond motifs is 1. The van der Waals surface area contributed by atoms with Crippen molar-refractivity contribution in [3.63, 3.8) is 0 Å². The lowest BCUT2D eigenvalue weighted by molar-refractivity contribution is -0.143. The number of aromatic nitrogens is 3. The van der Waals surface area contributed by atoms with E-state index in [9.17, 15) is 31.1 Å². The molecule has 0 radical (unpaired) electrons. The van der Waals surface area contributed by atoms with Gasteiger partial charge in [0.25, 0.3) is 0 Å². The van der Waals surface area contributed by atoms with Crippen LogP contribution in [-0.2, 0) is 28.4 Å². The van der Waals surface area contributed by atoms with Crippen LogP contribution in [0, 0.1) is 0 Å².